The van der Waals surface area contributed by atoms with Crippen molar-refractivity contribution in [3.63, 3.8) is 0 Å². The third-order valence-corrected chi connectivity index (χ3v) is 2.44. The van der Waals surface area contributed by atoms with Gasteiger partial charge in [0.15, 0.2) is 0 Å². The molecule has 0 aliphatic heterocycles. The summed E-state index contributed by atoms with van der Waals surface area (Å²) in [6, 6.07) is 3.46. The SMILES string of the molecule is CCCCNC(CC)c1ccc(F)cn1. The molecule has 0 aromatic carbocycles. The van der Waals surface area contributed by atoms with Crippen LogP contribution in [0.25, 0.3) is 0 Å². The van der Waals surface area contributed by atoms with Gasteiger partial charge in [-0.25, -0.2) is 4.39 Å². The van der Waals surface area contributed by atoms with Gasteiger partial charge in [-0.2, -0.15) is 0 Å². The van der Waals surface area contributed by atoms with Crippen LogP contribution in [0.15, 0.2) is 18.3 Å². The van der Waals surface area contributed by atoms with Crippen LogP contribution in [0.2, 0.25) is 0 Å². The highest BCUT2D eigenvalue weighted by atomic mass is 19.1. The van der Waals surface area contributed by atoms with Crippen LogP contribution < -0.4 is 5.32 Å². The summed E-state index contributed by atoms with van der Waals surface area (Å²) < 4.78 is 12.7. The Kier molecular flexibility index (Phi) is 5.26. The Morgan fingerprint density at radius 1 is 1.40 bits per heavy atom. The lowest BCUT2D eigenvalue weighted by atomic mass is 10.1. The maximum Gasteiger partial charge on any atom is 0.141 e. The van der Waals surface area contributed by atoms with Crippen molar-refractivity contribution in [2.75, 3.05) is 6.54 Å². The predicted octanol–water partition coefficient (Wildman–Crippen LogP) is 3.06. The number of hydrogen-bond acceptors (Lipinski definition) is 2. The van der Waals surface area contributed by atoms with Gasteiger partial charge >= 0.3 is 0 Å². The predicted molar refractivity (Wildman–Crippen MR) is 60.1 cm³/mol. The molecule has 0 radical (unpaired) electrons. The van der Waals surface area contributed by atoms with E-state index in [1.54, 1.807) is 6.07 Å². The van der Waals surface area contributed by atoms with Gasteiger partial charge in [0.25, 0.3) is 0 Å². The van der Waals surface area contributed by atoms with Gasteiger partial charge in [0.1, 0.15) is 5.82 Å². The van der Waals surface area contributed by atoms with Gasteiger partial charge in [-0.1, -0.05) is 20.3 Å². The van der Waals surface area contributed by atoms with Crippen molar-refractivity contribution >= 4 is 0 Å². The summed E-state index contributed by atoms with van der Waals surface area (Å²) in [6.45, 7) is 5.27. The smallest absolute Gasteiger partial charge is 0.141 e. The van der Waals surface area contributed by atoms with Crippen LogP contribution in [0.3, 0.4) is 0 Å². The maximum atomic E-state index is 12.7. The van der Waals surface area contributed by atoms with E-state index < -0.39 is 0 Å². The second kappa shape index (κ2) is 6.51. The number of nitrogens with one attached hydrogen (secondary N) is 1. The second-order valence-corrected chi connectivity index (χ2v) is 3.67. The molecule has 0 fully saturated rings. The Bertz CT molecular complexity index is 271. The first kappa shape index (κ1) is 12.1. The Morgan fingerprint density at radius 2 is 2.20 bits per heavy atom. The zero-order valence-corrected chi connectivity index (χ0v) is 9.46. The average Bonchev–Trinajstić information content (AvgIpc) is 2.26. The number of nitrogens with zero attached hydrogens (tertiary/aromatic N) is 1. The molecule has 0 spiro atoms. The maximum absolute atomic E-state index is 12.7. The number of hydrogen-bond donors (Lipinski definition) is 1. The van der Waals surface area contributed by atoms with Crippen LogP contribution >= 0.6 is 0 Å². The van der Waals surface area contributed by atoms with Crippen LogP contribution in [-0.4, -0.2) is 11.5 Å². The number of rotatable bonds is 6. The molecule has 0 aliphatic rings. The topological polar surface area (TPSA) is 24.9 Å². The summed E-state index contributed by atoms with van der Waals surface area (Å²) in [5.74, 6) is -0.276. The molecule has 1 unspecified atom stereocenters. The largest absolute Gasteiger partial charge is 0.309 e. The highest BCUT2D eigenvalue weighted by molar-refractivity contribution is 5.09. The summed E-state index contributed by atoms with van der Waals surface area (Å²) in [6.07, 6.45) is 4.60. The molecule has 0 bridgehead atoms. The number of unbranched alkanes of at least 4 members (excludes halogenated alkanes) is 1. The lowest BCUT2D eigenvalue weighted by molar-refractivity contribution is 0.495. The van der Waals surface area contributed by atoms with Crippen molar-refractivity contribution < 1.29 is 4.39 Å². The van der Waals surface area contributed by atoms with E-state index in [1.165, 1.54) is 18.7 Å². The summed E-state index contributed by atoms with van der Waals surface area (Å²) in [7, 11) is 0. The summed E-state index contributed by atoms with van der Waals surface area (Å²) in [4.78, 5) is 4.09. The fourth-order valence-corrected chi connectivity index (χ4v) is 1.50. The Hall–Kier alpha value is -0.960. The quantitative estimate of drug-likeness (QED) is 0.730. The highest BCUT2D eigenvalue weighted by Gasteiger charge is 2.09. The fourth-order valence-electron chi connectivity index (χ4n) is 1.50. The van der Waals surface area contributed by atoms with Gasteiger partial charge in [-0.05, 0) is 31.5 Å². The summed E-state index contributed by atoms with van der Waals surface area (Å²) in [5.41, 5.74) is 0.926. The van der Waals surface area contributed by atoms with E-state index in [4.69, 9.17) is 0 Å². The standard InChI is InChI=1S/C12H19FN2/c1-3-5-8-14-11(4-2)12-7-6-10(13)9-15-12/h6-7,9,11,14H,3-5,8H2,1-2H3. The minimum Gasteiger partial charge on any atom is -0.309 e. The van der Waals surface area contributed by atoms with Crippen LogP contribution in [0, 0.1) is 5.82 Å². The lowest BCUT2D eigenvalue weighted by Crippen LogP contribution is -2.22. The van der Waals surface area contributed by atoms with Crippen molar-refractivity contribution in [1.82, 2.24) is 10.3 Å². The molecule has 1 heterocycles. The number of halogens is 1. The molecule has 84 valence electrons. The molecule has 1 atom stereocenters. The van der Waals surface area contributed by atoms with E-state index in [0.29, 0.717) is 0 Å². The molecule has 1 rings (SSSR count). The van der Waals surface area contributed by atoms with Gasteiger partial charge in [0.05, 0.1) is 11.9 Å². The Morgan fingerprint density at radius 3 is 2.73 bits per heavy atom. The first-order valence-corrected chi connectivity index (χ1v) is 5.62. The molecular weight excluding hydrogens is 191 g/mol. The minimum absolute atomic E-state index is 0.247. The first-order valence-electron chi connectivity index (χ1n) is 5.62. The van der Waals surface area contributed by atoms with Crippen molar-refractivity contribution in [2.45, 2.75) is 39.2 Å². The Labute approximate surface area is 90.9 Å². The average molecular weight is 210 g/mol. The molecule has 15 heavy (non-hydrogen) atoms. The number of pyridine rings is 1. The van der Waals surface area contributed by atoms with Gasteiger partial charge in [0, 0.05) is 6.04 Å². The lowest BCUT2D eigenvalue weighted by Gasteiger charge is -2.15. The molecule has 0 saturated carbocycles. The molecule has 0 saturated heterocycles. The van der Waals surface area contributed by atoms with Gasteiger partial charge < -0.3 is 5.32 Å². The van der Waals surface area contributed by atoms with Crippen LogP contribution in [0.5, 0.6) is 0 Å². The molecule has 0 aliphatic carbocycles. The van der Waals surface area contributed by atoms with Crippen molar-refractivity contribution in [2.24, 2.45) is 0 Å². The number of aromatic nitrogens is 1. The van der Waals surface area contributed by atoms with Crippen molar-refractivity contribution in [3.05, 3.63) is 29.8 Å². The monoisotopic (exact) mass is 210 g/mol. The molecular formula is C12H19FN2. The molecule has 0 amide bonds. The van der Waals surface area contributed by atoms with Gasteiger partial charge in [0.2, 0.25) is 0 Å². The van der Waals surface area contributed by atoms with Crippen molar-refractivity contribution in [3.8, 4) is 0 Å². The molecule has 3 heteroatoms. The normalized spacial score (nSPS) is 12.7. The van der Waals surface area contributed by atoms with E-state index in [-0.39, 0.29) is 11.9 Å². The summed E-state index contributed by atoms with van der Waals surface area (Å²) >= 11 is 0. The second-order valence-electron chi connectivity index (χ2n) is 3.67. The minimum atomic E-state index is -0.276. The third-order valence-electron chi connectivity index (χ3n) is 2.44. The molecule has 2 nitrogen and oxygen atoms in total. The zero-order valence-electron chi connectivity index (χ0n) is 9.46. The van der Waals surface area contributed by atoms with E-state index in [2.05, 4.69) is 24.1 Å². The Balaban J connectivity index is 2.53. The summed E-state index contributed by atoms with van der Waals surface area (Å²) in [5, 5.41) is 3.42. The first-order chi connectivity index (χ1) is 7.27. The van der Waals surface area contributed by atoms with Gasteiger partial charge in [-0.3, -0.25) is 4.98 Å². The van der Waals surface area contributed by atoms with Crippen LogP contribution in [0.1, 0.15) is 44.8 Å². The van der Waals surface area contributed by atoms with Crippen LogP contribution in [-0.2, 0) is 0 Å². The zero-order chi connectivity index (χ0) is 11.1. The van der Waals surface area contributed by atoms with E-state index in [1.807, 2.05) is 0 Å². The van der Waals surface area contributed by atoms with E-state index in [0.717, 1.165) is 25.1 Å². The van der Waals surface area contributed by atoms with Gasteiger partial charge in [-0.15, -0.1) is 0 Å². The molecule has 1 aromatic rings. The van der Waals surface area contributed by atoms with Crippen molar-refractivity contribution in [1.29, 1.82) is 0 Å². The molecule has 1 aromatic heterocycles. The third kappa shape index (κ3) is 3.96. The van der Waals surface area contributed by atoms with E-state index in [9.17, 15) is 4.39 Å². The van der Waals surface area contributed by atoms with Crippen LogP contribution in [0.4, 0.5) is 4.39 Å². The van der Waals surface area contributed by atoms with E-state index >= 15 is 0 Å². The fraction of sp³-hybridized carbons (Fsp3) is 0.583. The molecule has 1 N–H and O–H groups in total. The highest BCUT2D eigenvalue weighted by Crippen LogP contribution is 2.13.